The van der Waals surface area contributed by atoms with Crippen molar-refractivity contribution in [2.24, 2.45) is 0 Å². The summed E-state index contributed by atoms with van der Waals surface area (Å²) in [5.41, 5.74) is 1.20. The fourth-order valence-corrected chi connectivity index (χ4v) is 3.61. The van der Waals surface area contributed by atoms with E-state index in [2.05, 4.69) is 10.0 Å². The Bertz CT molecular complexity index is 870. The molecule has 2 aromatic carbocycles. The van der Waals surface area contributed by atoms with Crippen molar-refractivity contribution in [1.29, 1.82) is 0 Å². The van der Waals surface area contributed by atoms with E-state index in [9.17, 15) is 17.6 Å². The highest BCUT2D eigenvalue weighted by Gasteiger charge is 2.24. The van der Waals surface area contributed by atoms with E-state index in [1.807, 2.05) is 0 Å². The minimum atomic E-state index is -3.95. The molecule has 0 aromatic heterocycles. The molecular weight excluding hydrogens is 367 g/mol. The fourth-order valence-electron chi connectivity index (χ4n) is 2.15. The molecule has 0 aliphatic heterocycles. The highest BCUT2D eigenvalue weighted by Crippen LogP contribution is 2.23. The zero-order chi connectivity index (χ0) is 18.6. The lowest BCUT2D eigenvalue weighted by atomic mass is 10.1. The maximum Gasteiger partial charge on any atom is 0.242 e. The summed E-state index contributed by atoms with van der Waals surface area (Å²) in [6.07, 6.45) is 0.242. The Balaban J connectivity index is 2.17. The number of benzene rings is 2. The molecule has 1 atom stereocenters. The maximum atomic E-state index is 13.0. The van der Waals surface area contributed by atoms with Gasteiger partial charge >= 0.3 is 0 Å². The van der Waals surface area contributed by atoms with Crippen molar-refractivity contribution >= 4 is 33.2 Å². The Morgan fingerprint density at radius 1 is 1.20 bits per heavy atom. The van der Waals surface area contributed by atoms with Gasteiger partial charge in [-0.05, 0) is 55.3 Å². The number of anilines is 1. The Morgan fingerprint density at radius 3 is 2.44 bits per heavy atom. The summed E-state index contributed by atoms with van der Waals surface area (Å²) in [5, 5.41) is 3.17. The average Bonchev–Trinajstić information content (AvgIpc) is 2.57. The van der Waals surface area contributed by atoms with E-state index in [4.69, 9.17) is 11.6 Å². The van der Waals surface area contributed by atoms with Crippen LogP contribution in [-0.2, 0) is 14.8 Å². The number of sulfonamides is 1. The summed E-state index contributed by atoms with van der Waals surface area (Å²) in [5.74, 6) is -1.04. The van der Waals surface area contributed by atoms with Crippen LogP contribution < -0.4 is 10.0 Å². The lowest BCUT2D eigenvalue weighted by Crippen LogP contribution is -2.43. The third kappa shape index (κ3) is 4.78. The van der Waals surface area contributed by atoms with Crippen LogP contribution in [-0.4, -0.2) is 20.4 Å². The second kappa shape index (κ2) is 7.95. The molecule has 1 unspecified atom stereocenters. The number of carbonyl (C=O) groups is 1. The number of carbonyl (C=O) groups excluding carboxylic acids is 1. The zero-order valence-electron chi connectivity index (χ0n) is 13.7. The number of hydrogen-bond donors (Lipinski definition) is 2. The third-order valence-electron chi connectivity index (χ3n) is 3.67. The number of hydrogen-bond acceptors (Lipinski definition) is 3. The quantitative estimate of drug-likeness (QED) is 0.800. The minimum Gasteiger partial charge on any atom is -0.324 e. The Kier molecular flexibility index (Phi) is 6.16. The molecule has 25 heavy (non-hydrogen) atoms. The van der Waals surface area contributed by atoms with Crippen LogP contribution in [0.5, 0.6) is 0 Å². The van der Waals surface area contributed by atoms with Gasteiger partial charge in [0, 0.05) is 10.7 Å². The second-order valence-electron chi connectivity index (χ2n) is 5.44. The summed E-state index contributed by atoms with van der Waals surface area (Å²) in [4.78, 5) is 12.3. The van der Waals surface area contributed by atoms with Gasteiger partial charge in [-0.1, -0.05) is 24.6 Å². The Hall–Kier alpha value is -1.96. The van der Waals surface area contributed by atoms with E-state index in [0.29, 0.717) is 16.3 Å². The van der Waals surface area contributed by atoms with Crippen molar-refractivity contribution in [3.05, 3.63) is 58.9 Å². The van der Waals surface area contributed by atoms with E-state index >= 15 is 0 Å². The van der Waals surface area contributed by atoms with Gasteiger partial charge in [0.25, 0.3) is 0 Å². The lowest BCUT2D eigenvalue weighted by Gasteiger charge is -2.18. The summed E-state index contributed by atoms with van der Waals surface area (Å²) >= 11 is 6.02. The average molecular weight is 385 g/mol. The molecule has 5 nitrogen and oxygen atoms in total. The molecule has 2 rings (SSSR count). The number of halogens is 2. The minimum absolute atomic E-state index is 0.112. The molecule has 0 radical (unpaired) electrons. The van der Waals surface area contributed by atoms with E-state index in [0.717, 1.165) is 24.3 Å². The summed E-state index contributed by atoms with van der Waals surface area (Å²) in [6, 6.07) is 8.46. The molecule has 0 fully saturated rings. The number of nitrogens with one attached hydrogen (secondary N) is 2. The highest BCUT2D eigenvalue weighted by molar-refractivity contribution is 7.89. The molecule has 0 spiro atoms. The smallest absolute Gasteiger partial charge is 0.242 e. The van der Waals surface area contributed by atoms with Crippen LogP contribution in [0.15, 0.2) is 47.4 Å². The molecule has 2 aromatic rings. The molecule has 0 saturated heterocycles. The van der Waals surface area contributed by atoms with Crippen LogP contribution in [0.1, 0.15) is 18.9 Å². The Labute approximate surface area is 151 Å². The molecule has 134 valence electrons. The molecule has 0 saturated carbocycles. The number of rotatable bonds is 6. The van der Waals surface area contributed by atoms with Crippen molar-refractivity contribution in [2.75, 3.05) is 5.32 Å². The predicted octanol–water partition coefficient (Wildman–Crippen LogP) is 3.48. The van der Waals surface area contributed by atoms with Crippen molar-refractivity contribution in [2.45, 2.75) is 31.2 Å². The van der Waals surface area contributed by atoms with Gasteiger partial charge in [-0.3, -0.25) is 4.79 Å². The van der Waals surface area contributed by atoms with Crippen LogP contribution in [0, 0.1) is 12.7 Å². The van der Waals surface area contributed by atoms with Crippen molar-refractivity contribution in [3.8, 4) is 0 Å². The predicted molar refractivity (Wildman–Crippen MR) is 95.6 cm³/mol. The summed E-state index contributed by atoms with van der Waals surface area (Å²) < 4.78 is 40.0. The maximum absolute atomic E-state index is 13.0. The SMILES string of the molecule is CCC(NS(=O)(=O)c1ccc(F)cc1)C(=O)Nc1cccc(Cl)c1C. The van der Waals surface area contributed by atoms with Gasteiger partial charge in [-0.2, -0.15) is 4.72 Å². The standard InChI is InChI=1S/C17H18ClFN2O3S/c1-3-15(17(22)20-16-6-4-5-14(18)11(16)2)21-25(23,24)13-9-7-12(19)8-10-13/h4-10,15,21H,3H2,1-2H3,(H,20,22). The van der Waals surface area contributed by atoms with Crippen LogP contribution >= 0.6 is 11.6 Å². The first-order valence-corrected chi connectivity index (χ1v) is 9.44. The fraction of sp³-hybridized carbons (Fsp3) is 0.235. The van der Waals surface area contributed by atoms with E-state index < -0.39 is 27.8 Å². The summed E-state index contributed by atoms with van der Waals surface area (Å²) in [6.45, 7) is 3.43. The highest BCUT2D eigenvalue weighted by atomic mass is 35.5. The molecule has 0 heterocycles. The monoisotopic (exact) mass is 384 g/mol. The zero-order valence-corrected chi connectivity index (χ0v) is 15.3. The third-order valence-corrected chi connectivity index (χ3v) is 5.57. The first-order valence-electron chi connectivity index (χ1n) is 7.58. The Morgan fingerprint density at radius 2 is 1.84 bits per heavy atom. The largest absolute Gasteiger partial charge is 0.324 e. The van der Waals surface area contributed by atoms with Crippen molar-refractivity contribution in [3.63, 3.8) is 0 Å². The van der Waals surface area contributed by atoms with E-state index in [1.54, 1.807) is 32.0 Å². The normalized spacial score (nSPS) is 12.6. The first kappa shape index (κ1) is 19.4. The van der Waals surface area contributed by atoms with E-state index in [-0.39, 0.29) is 11.3 Å². The molecule has 8 heteroatoms. The molecular formula is C17H18ClFN2O3S. The molecule has 0 aliphatic rings. The lowest BCUT2D eigenvalue weighted by molar-refractivity contribution is -0.117. The van der Waals surface area contributed by atoms with E-state index in [1.165, 1.54) is 0 Å². The first-order chi connectivity index (χ1) is 11.7. The van der Waals surface area contributed by atoms with Gasteiger partial charge in [-0.25, -0.2) is 12.8 Å². The molecule has 2 N–H and O–H groups in total. The van der Waals surface area contributed by atoms with Gasteiger partial charge in [-0.15, -0.1) is 0 Å². The van der Waals surface area contributed by atoms with Crippen molar-refractivity contribution < 1.29 is 17.6 Å². The second-order valence-corrected chi connectivity index (χ2v) is 7.56. The van der Waals surface area contributed by atoms with Gasteiger partial charge in [0.05, 0.1) is 4.90 Å². The molecule has 1 amide bonds. The van der Waals surface area contributed by atoms with Gasteiger partial charge in [0.15, 0.2) is 0 Å². The van der Waals surface area contributed by atoms with Gasteiger partial charge < -0.3 is 5.32 Å². The van der Waals surface area contributed by atoms with Crippen LogP contribution in [0.4, 0.5) is 10.1 Å². The number of amides is 1. The summed E-state index contributed by atoms with van der Waals surface area (Å²) in [7, 11) is -3.95. The van der Waals surface area contributed by atoms with Crippen LogP contribution in [0.3, 0.4) is 0 Å². The molecule has 0 bridgehead atoms. The van der Waals surface area contributed by atoms with Crippen LogP contribution in [0.25, 0.3) is 0 Å². The van der Waals surface area contributed by atoms with Gasteiger partial charge in [0.2, 0.25) is 15.9 Å². The van der Waals surface area contributed by atoms with Crippen molar-refractivity contribution in [1.82, 2.24) is 4.72 Å². The van der Waals surface area contributed by atoms with Gasteiger partial charge in [0.1, 0.15) is 11.9 Å². The topological polar surface area (TPSA) is 75.3 Å². The van der Waals surface area contributed by atoms with Crippen LogP contribution in [0.2, 0.25) is 5.02 Å². The molecule has 0 aliphatic carbocycles.